The van der Waals surface area contributed by atoms with E-state index in [0.717, 1.165) is 19.3 Å². The Morgan fingerprint density at radius 1 is 0.815 bits per heavy atom. The Bertz CT molecular complexity index is 361. The van der Waals surface area contributed by atoms with Crippen LogP contribution in [0.5, 0.6) is 0 Å². The highest BCUT2D eigenvalue weighted by Gasteiger charge is 2.37. The average molecular weight is 387 g/mol. The lowest BCUT2D eigenvalue weighted by molar-refractivity contribution is -0.199. The lowest BCUT2D eigenvalue weighted by atomic mass is 10.0. The van der Waals surface area contributed by atoms with E-state index >= 15 is 0 Å². The van der Waals surface area contributed by atoms with Crippen LogP contribution in [-0.4, -0.2) is 59.6 Å². The van der Waals surface area contributed by atoms with Gasteiger partial charge in [0.15, 0.2) is 0 Å². The van der Waals surface area contributed by atoms with Gasteiger partial charge in [-0.1, -0.05) is 64.0 Å². The number of hydrogen-bond acceptors (Lipinski definition) is 5. The largest absolute Gasteiger partial charge is 0.388 e. The van der Waals surface area contributed by atoms with Gasteiger partial charge in [-0.15, -0.1) is 0 Å². The quantitative estimate of drug-likeness (QED) is 0.278. The second-order valence-corrected chi connectivity index (χ2v) is 7.73. The zero-order valence-electron chi connectivity index (χ0n) is 17.2. The number of aliphatic hydroxyl groups excluding tert-OH is 3. The molecule has 1 aliphatic rings. The Balaban J connectivity index is 1.84. The number of hydrogen-bond donors (Lipinski definition) is 3. The van der Waals surface area contributed by atoms with Gasteiger partial charge >= 0.3 is 0 Å². The number of rotatable bonds is 16. The summed E-state index contributed by atoms with van der Waals surface area (Å²) in [5.41, 5.74) is 0. The Hall–Kier alpha value is -0.460. The fourth-order valence-electron chi connectivity index (χ4n) is 3.31. The SMILES string of the molecule is CCCCCCCCCC/C=C/CCCCOC[C@@H]1OC[C@@H](O)[C@H](O)[C@H]1O. The van der Waals surface area contributed by atoms with E-state index in [2.05, 4.69) is 19.1 Å². The third-order valence-corrected chi connectivity index (χ3v) is 5.19. The summed E-state index contributed by atoms with van der Waals surface area (Å²) in [6.07, 6.45) is 16.0. The fraction of sp³-hybridized carbons (Fsp3) is 0.909. The molecule has 1 heterocycles. The summed E-state index contributed by atoms with van der Waals surface area (Å²) < 4.78 is 10.8. The molecule has 5 heteroatoms. The first-order chi connectivity index (χ1) is 13.2. The standard InChI is InChI=1S/C22H42O5/c1-2-3-4-5-6-7-8-9-10-11-12-13-14-15-16-26-18-20-22(25)21(24)19(23)17-27-20/h11-12,19-25H,2-10,13-18H2,1H3/b12-11+/t19-,20+,21+,22+/m1/s1. The highest BCUT2D eigenvalue weighted by molar-refractivity contribution is 4.86. The van der Waals surface area contributed by atoms with E-state index in [1.54, 1.807) is 0 Å². The molecule has 1 fully saturated rings. The molecule has 27 heavy (non-hydrogen) atoms. The molecule has 1 aliphatic heterocycles. The molecule has 160 valence electrons. The van der Waals surface area contributed by atoms with Crippen molar-refractivity contribution in [3.05, 3.63) is 12.2 Å². The van der Waals surface area contributed by atoms with Gasteiger partial charge in [0.25, 0.3) is 0 Å². The molecule has 0 saturated carbocycles. The van der Waals surface area contributed by atoms with Crippen LogP contribution in [0.15, 0.2) is 12.2 Å². The van der Waals surface area contributed by atoms with E-state index in [1.807, 2.05) is 0 Å². The Labute approximate surface area is 165 Å². The van der Waals surface area contributed by atoms with E-state index in [0.29, 0.717) is 6.61 Å². The molecule has 0 radical (unpaired) electrons. The third kappa shape index (κ3) is 11.9. The van der Waals surface area contributed by atoms with Crippen molar-refractivity contribution in [2.45, 2.75) is 108 Å². The van der Waals surface area contributed by atoms with Gasteiger partial charge in [-0.2, -0.15) is 0 Å². The summed E-state index contributed by atoms with van der Waals surface area (Å²) in [6, 6.07) is 0. The van der Waals surface area contributed by atoms with E-state index in [-0.39, 0.29) is 13.2 Å². The molecule has 3 N–H and O–H groups in total. The van der Waals surface area contributed by atoms with Crippen molar-refractivity contribution in [2.75, 3.05) is 19.8 Å². The molecule has 1 rings (SSSR count). The van der Waals surface area contributed by atoms with Crippen LogP contribution in [-0.2, 0) is 9.47 Å². The van der Waals surface area contributed by atoms with Gasteiger partial charge in [-0.05, 0) is 32.1 Å². The molecule has 0 amide bonds. The summed E-state index contributed by atoms with van der Waals surface area (Å²) >= 11 is 0. The van der Waals surface area contributed by atoms with E-state index in [4.69, 9.17) is 9.47 Å². The van der Waals surface area contributed by atoms with Gasteiger partial charge in [0.2, 0.25) is 0 Å². The minimum Gasteiger partial charge on any atom is -0.388 e. The van der Waals surface area contributed by atoms with Crippen molar-refractivity contribution in [3.63, 3.8) is 0 Å². The zero-order valence-corrected chi connectivity index (χ0v) is 17.2. The minimum absolute atomic E-state index is 0.0376. The smallest absolute Gasteiger partial charge is 0.111 e. The molecular weight excluding hydrogens is 344 g/mol. The maximum Gasteiger partial charge on any atom is 0.111 e. The molecular formula is C22H42O5. The molecule has 0 bridgehead atoms. The summed E-state index contributed by atoms with van der Waals surface area (Å²) in [6.45, 7) is 3.17. The molecule has 5 nitrogen and oxygen atoms in total. The molecule has 0 aromatic rings. The minimum atomic E-state index is -1.15. The topological polar surface area (TPSA) is 79.2 Å². The van der Waals surface area contributed by atoms with Crippen LogP contribution < -0.4 is 0 Å². The summed E-state index contributed by atoms with van der Waals surface area (Å²) in [5, 5.41) is 28.8. The zero-order chi connectivity index (χ0) is 19.7. The molecule has 0 spiro atoms. The lowest BCUT2D eigenvalue weighted by Crippen LogP contribution is -2.54. The van der Waals surface area contributed by atoms with E-state index < -0.39 is 24.4 Å². The summed E-state index contributed by atoms with van der Waals surface area (Å²) in [4.78, 5) is 0. The average Bonchev–Trinajstić information content (AvgIpc) is 2.67. The maximum absolute atomic E-state index is 9.81. The second kappa shape index (κ2) is 16.5. The molecule has 0 aromatic heterocycles. The second-order valence-electron chi connectivity index (χ2n) is 7.73. The van der Waals surface area contributed by atoms with Crippen LogP contribution in [0.25, 0.3) is 0 Å². The predicted molar refractivity (Wildman–Crippen MR) is 109 cm³/mol. The highest BCUT2D eigenvalue weighted by atomic mass is 16.6. The predicted octanol–water partition coefficient (Wildman–Crippen LogP) is 3.74. The fourth-order valence-corrected chi connectivity index (χ4v) is 3.31. The van der Waals surface area contributed by atoms with Crippen molar-refractivity contribution < 1.29 is 24.8 Å². The molecule has 0 unspecified atom stereocenters. The first-order valence-corrected chi connectivity index (χ1v) is 11.0. The first-order valence-electron chi connectivity index (χ1n) is 11.0. The van der Waals surface area contributed by atoms with Gasteiger partial charge in [0.05, 0.1) is 13.2 Å². The van der Waals surface area contributed by atoms with Gasteiger partial charge in [-0.25, -0.2) is 0 Å². The van der Waals surface area contributed by atoms with Gasteiger partial charge < -0.3 is 24.8 Å². The molecule has 0 aromatic carbocycles. The Kier molecular flexibility index (Phi) is 15.0. The Morgan fingerprint density at radius 2 is 1.41 bits per heavy atom. The van der Waals surface area contributed by atoms with Crippen molar-refractivity contribution >= 4 is 0 Å². The lowest BCUT2D eigenvalue weighted by Gasteiger charge is -2.35. The van der Waals surface area contributed by atoms with Crippen molar-refractivity contribution in [3.8, 4) is 0 Å². The maximum atomic E-state index is 9.81. The third-order valence-electron chi connectivity index (χ3n) is 5.19. The number of ether oxygens (including phenoxy) is 2. The van der Waals surface area contributed by atoms with E-state index in [1.165, 1.54) is 57.8 Å². The van der Waals surface area contributed by atoms with Crippen molar-refractivity contribution in [2.24, 2.45) is 0 Å². The van der Waals surface area contributed by atoms with Crippen LogP contribution >= 0.6 is 0 Å². The van der Waals surface area contributed by atoms with Crippen LogP contribution in [0.1, 0.15) is 84.0 Å². The van der Waals surface area contributed by atoms with Crippen molar-refractivity contribution in [1.29, 1.82) is 0 Å². The molecule has 0 aliphatic carbocycles. The van der Waals surface area contributed by atoms with Crippen LogP contribution in [0, 0.1) is 0 Å². The summed E-state index contributed by atoms with van der Waals surface area (Å²) in [7, 11) is 0. The first kappa shape index (κ1) is 24.6. The van der Waals surface area contributed by atoms with Crippen LogP contribution in [0.2, 0.25) is 0 Å². The highest BCUT2D eigenvalue weighted by Crippen LogP contribution is 2.16. The normalized spacial score (nSPS) is 26.1. The Morgan fingerprint density at radius 3 is 2.07 bits per heavy atom. The summed E-state index contributed by atoms with van der Waals surface area (Å²) in [5.74, 6) is 0. The van der Waals surface area contributed by atoms with Crippen LogP contribution in [0.3, 0.4) is 0 Å². The molecule has 4 atom stereocenters. The van der Waals surface area contributed by atoms with Gasteiger partial charge in [0.1, 0.15) is 24.4 Å². The van der Waals surface area contributed by atoms with Gasteiger partial charge in [0, 0.05) is 6.61 Å². The van der Waals surface area contributed by atoms with Gasteiger partial charge in [-0.3, -0.25) is 0 Å². The van der Waals surface area contributed by atoms with Crippen LogP contribution in [0.4, 0.5) is 0 Å². The monoisotopic (exact) mass is 386 g/mol. The van der Waals surface area contributed by atoms with E-state index in [9.17, 15) is 15.3 Å². The molecule has 1 saturated heterocycles. The number of allylic oxidation sites excluding steroid dienone is 2. The number of unbranched alkanes of at least 4 members (excludes halogenated alkanes) is 10. The number of aliphatic hydroxyl groups is 3. The van der Waals surface area contributed by atoms with Crippen molar-refractivity contribution in [1.82, 2.24) is 0 Å².